The van der Waals surface area contributed by atoms with Gasteiger partial charge in [0.25, 0.3) is 5.91 Å². The van der Waals surface area contributed by atoms with Crippen molar-refractivity contribution in [2.45, 2.75) is 19.9 Å². The van der Waals surface area contributed by atoms with Crippen LogP contribution in [0.1, 0.15) is 22.5 Å². The smallest absolute Gasteiger partial charge is 0.267 e. The number of aryl methyl sites for hydroxylation is 2. The summed E-state index contributed by atoms with van der Waals surface area (Å²) in [5.41, 5.74) is 2.21. The zero-order valence-corrected chi connectivity index (χ0v) is 16.0. The van der Waals surface area contributed by atoms with E-state index in [-0.39, 0.29) is 5.91 Å². The monoisotopic (exact) mass is 372 g/mol. The first-order valence-electron chi connectivity index (χ1n) is 8.66. The molecule has 2 heterocycles. The number of carbonyl (C=O) groups is 1. The summed E-state index contributed by atoms with van der Waals surface area (Å²) in [6, 6.07) is 3.49. The van der Waals surface area contributed by atoms with Gasteiger partial charge in [-0.05, 0) is 25.0 Å². The quantitative estimate of drug-likeness (QED) is 0.593. The van der Waals surface area contributed by atoms with E-state index in [1.165, 1.54) is 0 Å². The molecule has 0 aliphatic carbocycles. The van der Waals surface area contributed by atoms with Crippen molar-refractivity contribution < 1.29 is 19.0 Å². The number of aromatic amines is 1. The molecular formula is C19H24N4O4. The number of nitrogens with one attached hydrogen (secondary N) is 2. The molecule has 1 amide bonds. The number of aromatic nitrogens is 3. The zero-order chi connectivity index (χ0) is 19.4. The maximum Gasteiger partial charge on any atom is 0.267 e. The molecule has 0 aliphatic heterocycles. The van der Waals surface area contributed by atoms with E-state index >= 15 is 0 Å². The Bertz CT molecular complexity index is 945. The van der Waals surface area contributed by atoms with Crippen LogP contribution in [0.3, 0.4) is 0 Å². The van der Waals surface area contributed by atoms with E-state index in [0.717, 1.165) is 23.9 Å². The summed E-state index contributed by atoms with van der Waals surface area (Å²) < 4.78 is 18.1. The largest absolute Gasteiger partial charge is 0.496 e. The fraction of sp³-hybridized carbons (Fsp3) is 0.368. The summed E-state index contributed by atoms with van der Waals surface area (Å²) in [5, 5.41) is 7.91. The number of H-pyrrole nitrogens is 1. The van der Waals surface area contributed by atoms with Crippen LogP contribution in [0.25, 0.3) is 10.9 Å². The Morgan fingerprint density at radius 2 is 1.96 bits per heavy atom. The second-order valence-electron chi connectivity index (χ2n) is 6.18. The Kier molecular flexibility index (Phi) is 5.54. The van der Waals surface area contributed by atoms with Crippen LogP contribution in [0, 0.1) is 6.92 Å². The van der Waals surface area contributed by atoms with Gasteiger partial charge in [0.15, 0.2) is 11.5 Å². The van der Waals surface area contributed by atoms with Gasteiger partial charge in [0.05, 0.1) is 33.0 Å². The fourth-order valence-electron chi connectivity index (χ4n) is 2.99. The maximum absolute atomic E-state index is 12.5. The molecule has 1 aromatic carbocycles. The third kappa shape index (κ3) is 3.84. The highest BCUT2D eigenvalue weighted by atomic mass is 16.5. The van der Waals surface area contributed by atoms with E-state index in [1.54, 1.807) is 33.5 Å². The van der Waals surface area contributed by atoms with Crippen molar-refractivity contribution in [2.75, 3.05) is 27.9 Å². The number of fused-ring (bicyclic) bond motifs is 1. The minimum absolute atomic E-state index is 0.189. The molecule has 0 atom stereocenters. The van der Waals surface area contributed by atoms with Gasteiger partial charge in [-0.2, -0.15) is 5.10 Å². The van der Waals surface area contributed by atoms with E-state index in [9.17, 15) is 4.79 Å². The molecular weight excluding hydrogens is 348 g/mol. The van der Waals surface area contributed by atoms with Crippen LogP contribution in [0.4, 0.5) is 0 Å². The summed E-state index contributed by atoms with van der Waals surface area (Å²) in [5.74, 6) is 1.48. The first-order valence-corrected chi connectivity index (χ1v) is 8.66. The third-order valence-electron chi connectivity index (χ3n) is 4.30. The highest BCUT2D eigenvalue weighted by molar-refractivity contribution is 6.02. The zero-order valence-electron chi connectivity index (χ0n) is 16.0. The number of benzene rings is 1. The molecule has 8 nitrogen and oxygen atoms in total. The van der Waals surface area contributed by atoms with E-state index in [2.05, 4.69) is 15.4 Å². The van der Waals surface area contributed by atoms with E-state index in [1.807, 2.05) is 24.0 Å². The summed E-state index contributed by atoms with van der Waals surface area (Å²) in [4.78, 5) is 15.6. The predicted octanol–water partition coefficient (Wildman–Crippen LogP) is 2.52. The number of amides is 1. The Morgan fingerprint density at radius 3 is 2.59 bits per heavy atom. The third-order valence-corrected chi connectivity index (χ3v) is 4.30. The number of methoxy groups -OCH3 is 3. The van der Waals surface area contributed by atoms with Crippen molar-refractivity contribution in [1.29, 1.82) is 0 Å². The molecule has 0 aliphatic rings. The number of ether oxygens (including phenoxy) is 3. The van der Waals surface area contributed by atoms with Crippen LogP contribution >= 0.6 is 0 Å². The molecule has 2 N–H and O–H groups in total. The SMILES string of the molecule is COc1cc(OC)c2cc(C(=O)NCCCn3cc(C)cn3)[nH]c2c1OC. The van der Waals surface area contributed by atoms with E-state index < -0.39 is 0 Å². The van der Waals surface area contributed by atoms with Gasteiger partial charge < -0.3 is 24.5 Å². The normalized spacial score (nSPS) is 10.8. The lowest BCUT2D eigenvalue weighted by molar-refractivity contribution is 0.0948. The van der Waals surface area contributed by atoms with Crippen molar-refractivity contribution in [1.82, 2.24) is 20.1 Å². The fourth-order valence-corrected chi connectivity index (χ4v) is 2.99. The molecule has 0 unspecified atom stereocenters. The standard InChI is InChI=1S/C19H24N4O4/c1-12-10-21-23(11-12)7-5-6-20-19(24)14-8-13-15(25-2)9-16(26-3)18(27-4)17(13)22-14/h8-11,22H,5-7H2,1-4H3,(H,20,24). The van der Waals surface area contributed by atoms with Crippen LogP contribution in [0.2, 0.25) is 0 Å². The van der Waals surface area contributed by atoms with Crippen molar-refractivity contribution in [3.05, 3.63) is 35.8 Å². The Balaban J connectivity index is 1.72. The molecule has 2 aromatic heterocycles. The molecule has 27 heavy (non-hydrogen) atoms. The van der Waals surface area contributed by atoms with Gasteiger partial charge in [-0.1, -0.05) is 0 Å². The highest BCUT2D eigenvalue weighted by Crippen LogP contribution is 2.41. The number of hydrogen-bond acceptors (Lipinski definition) is 5. The van der Waals surface area contributed by atoms with Gasteiger partial charge >= 0.3 is 0 Å². The maximum atomic E-state index is 12.5. The van der Waals surface area contributed by atoms with Crippen molar-refractivity contribution in [2.24, 2.45) is 0 Å². The summed E-state index contributed by atoms with van der Waals surface area (Å²) in [6.45, 7) is 3.29. The second kappa shape index (κ2) is 8.03. The van der Waals surface area contributed by atoms with Crippen molar-refractivity contribution >= 4 is 16.8 Å². The van der Waals surface area contributed by atoms with Gasteiger partial charge in [0, 0.05) is 30.7 Å². The number of hydrogen-bond donors (Lipinski definition) is 2. The lowest BCUT2D eigenvalue weighted by Gasteiger charge is -2.11. The molecule has 3 rings (SSSR count). The lowest BCUT2D eigenvalue weighted by atomic mass is 10.2. The molecule has 0 fully saturated rings. The van der Waals surface area contributed by atoms with E-state index in [0.29, 0.717) is 35.0 Å². The van der Waals surface area contributed by atoms with Crippen molar-refractivity contribution in [3.8, 4) is 17.2 Å². The number of nitrogens with zero attached hydrogens (tertiary/aromatic N) is 2. The van der Waals surface area contributed by atoms with Gasteiger partial charge in [-0.15, -0.1) is 0 Å². The first kappa shape index (κ1) is 18.6. The molecule has 3 aromatic rings. The minimum atomic E-state index is -0.189. The highest BCUT2D eigenvalue weighted by Gasteiger charge is 2.19. The number of rotatable bonds is 8. The molecule has 0 radical (unpaired) electrons. The summed E-state index contributed by atoms with van der Waals surface area (Å²) in [7, 11) is 4.69. The van der Waals surface area contributed by atoms with Gasteiger partial charge in [0.2, 0.25) is 0 Å². The molecule has 0 bridgehead atoms. The molecule has 0 saturated heterocycles. The first-order chi connectivity index (χ1) is 13.1. The van der Waals surface area contributed by atoms with Crippen molar-refractivity contribution in [3.63, 3.8) is 0 Å². The molecule has 0 spiro atoms. The van der Waals surface area contributed by atoms with Crippen LogP contribution in [-0.4, -0.2) is 48.5 Å². The Hall–Kier alpha value is -3.16. The van der Waals surface area contributed by atoms with Crippen LogP contribution in [0.15, 0.2) is 24.5 Å². The topological polar surface area (TPSA) is 90.4 Å². The van der Waals surface area contributed by atoms with E-state index in [4.69, 9.17) is 14.2 Å². The molecule has 0 saturated carbocycles. The van der Waals surface area contributed by atoms with Crippen LogP contribution < -0.4 is 19.5 Å². The summed E-state index contributed by atoms with van der Waals surface area (Å²) in [6.07, 6.45) is 4.58. The second-order valence-corrected chi connectivity index (χ2v) is 6.18. The number of carbonyl (C=O) groups excluding carboxylic acids is 1. The predicted molar refractivity (Wildman–Crippen MR) is 102 cm³/mol. The summed E-state index contributed by atoms with van der Waals surface area (Å²) >= 11 is 0. The minimum Gasteiger partial charge on any atom is -0.496 e. The van der Waals surface area contributed by atoms with Crippen LogP contribution in [-0.2, 0) is 6.54 Å². The Labute approximate surface area is 157 Å². The average molecular weight is 372 g/mol. The molecule has 144 valence electrons. The van der Waals surface area contributed by atoms with Crippen LogP contribution in [0.5, 0.6) is 17.2 Å². The van der Waals surface area contributed by atoms with Gasteiger partial charge in [0.1, 0.15) is 11.4 Å². The van der Waals surface area contributed by atoms with Gasteiger partial charge in [-0.3, -0.25) is 9.48 Å². The Morgan fingerprint density at radius 1 is 1.19 bits per heavy atom. The molecule has 8 heteroatoms. The van der Waals surface area contributed by atoms with Gasteiger partial charge in [-0.25, -0.2) is 0 Å². The average Bonchev–Trinajstić information content (AvgIpc) is 3.30. The lowest BCUT2D eigenvalue weighted by Crippen LogP contribution is -2.25.